The maximum Gasteiger partial charge on any atom is 0.207 e. The summed E-state index contributed by atoms with van der Waals surface area (Å²) in [5, 5.41) is 3.49. The van der Waals surface area contributed by atoms with Crippen LogP contribution in [0.25, 0.3) is 0 Å². The van der Waals surface area contributed by atoms with Crippen LogP contribution in [0, 0.1) is 18.7 Å². The fourth-order valence-electron chi connectivity index (χ4n) is 1.89. The van der Waals surface area contributed by atoms with Gasteiger partial charge >= 0.3 is 0 Å². The molecule has 0 bridgehead atoms. The van der Waals surface area contributed by atoms with Gasteiger partial charge in [-0.2, -0.15) is 0 Å². The van der Waals surface area contributed by atoms with Crippen LogP contribution in [0.5, 0.6) is 0 Å². The number of nitrogens with zero attached hydrogens (tertiary/aromatic N) is 2. The number of hydrogen-bond donors (Lipinski definition) is 1. The minimum absolute atomic E-state index is 0.344. The molecule has 2 rings (SSSR count). The van der Waals surface area contributed by atoms with Crippen molar-refractivity contribution < 1.29 is 4.39 Å². The van der Waals surface area contributed by atoms with Crippen LogP contribution in [0.3, 0.4) is 0 Å². The second-order valence-electron chi connectivity index (χ2n) is 5.00. The Labute approximate surface area is 117 Å². The van der Waals surface area contributed by atoms with E-state index in [0.717, 1.165) is 18.2 Å². The van der Waals surface area contributed by atoms with Gasteiger partial charge < -0.3 is 9.88 Å². The molecule has 19 heavy (non-hydrogen) atoms. The van der Waals surface area contributed by atoms with Gasteiger partial charge in [0, 0.05) is 12.7 Å². The zero-order valence-electron chi connectivity index (χ0n) is 11.2. The molecule has 0 spiro atoms. The molecule has 0 aliphatic rings. The molecule has 5 heteroatoms. The summed E-state index contributed by atoms with van der Waals surface area (Å²) in [5.41, 5.74) is 1.58. The summed E-state index contributed by atoms with van der Waals surface area (Å²) in [6.45, 7) is 7.09. The highest BCUT2D eigenvalue weighted by Gasteiger charge is 2.09. The van der Waals surface area contributed by atoms with Gasteiger partial charge in [0.25, 0.3) is 0 Å². The number of benzene rings is 1. The van der Waals surface area contributed by atoms with Crippen molar-refractivity contribution in [3.8, 4) is 0 Å². The quantitative estimate of drug-likeness (QED) is 0.901. The van der Waals surface area contributed by atoms with Gasteiger partial charge in [-0.15, -0.1) is 0 Å². The zero-order chi connectivity index (χ0) is 14.0. The second kappa shape index (κ2) is 5.61. The van der Waals surface area contributed by atoms with Crippen LogP contribution < -0.4 is 5.32 Å². The summed E-state index contributed by atoms with van der Waals surface area (Å²) in [5.74, 6) is 0.884. The number of imidazole rings is 1. The molecule has 1 heterocycles. The number of nitrogens with one attached hydrogen (secondary N) is 1. The minimum Gasteiger partial charge on any atom is -0.324 e. The van der Waals surface area contributed by atoms with Gasteiger partial charge in [0.05, 0.1) is 16.4 Å². The first-order chi connectivity index (χ1) is 8.95. The van der Waals surface area contributed by atoms with Gasteiger partial charge in [-0.25, -0.2) is 9.37 Å². The van der Waals surface area contributed by atoms with Crippen molar-refractivity contribution >= 4 is 23.2 Å². The maximum absolute atomic E-state index is 13.0. The Morgan fingerprint density at radius 1 is 1.42 bits per heavy atom. The Morgan fingerprint density at radius 2 is 2.16 bits per heavy atom. The smallest absolute Gasteiger partial charge is 0.207 e. The Hall–Kier alpha value is -1.55. The van der Waals surface area contributed by atoms with Crippen molar-refractivity contribution in [3.63, 3.8) is 0 Å². The lowest BCUT2D eigenvalue weighted by Crippen LogP contribution is -2.07. The van der Waals surface area contributed by atoms with E-state index in [0.29, 0.717) is 16.6 Å². The Morgan fingerprint density at radius 3 is 2.79 bits per heavy atom. The first-order valence-electron chi connectivity index (χ1n) is 6.21. The van der Waals surface area contributed by atoms with E-state index in [1.54, 1.807) is 6.07 Å². The van der Waals surface area contributed by atoms with Crippen LogP contribution >= 0.6 is 11.6 Å². The first-order valence-corrected chi connectivity index (χ1v) is 6.59. The third-order valence-corrected chi connectivity index (χ3v) is 2.95. The molecule has 0 aliphatic heterocycles. The largest absolute Gasteiger partial charge is 0.324 e. The van der Waals surface area contributed by atoms with Gasteiger partial charge in [-0.05, 0) is 31.0 Å². The molecule has 0 fully saturated rings. The van der Waals surface area contributed by atoms with Crippen LogP contribution in [0.2, 0.25) is 5.02 Å². The van der Waals surface area contributed by atoms with E-state index in [1.807, 2.05) is 17.7 Å². The Balaban J connectivity index is 2.27. The average molecular weight is 282 g/mol. The summed E-state index contributed by atoms with van der Waals surface area (Å²) in [6.07, 6.45) is 1.99. The first kappa shape index (κ1) is 13.9. The number of halogens is 2. The van der Waals surface area contributed by atoms with Gasteiger partial charge in [0.1, 0.15) is 5.82 Å². The van der Waals surface area contributed by atoms with Crippen molar-refractivity contribution in [3.05, 3.63) is 40.9 Å². The molecule has 1 N–H and O–H groups in total. The maximum atomic E-state index is 13.0. The monoisotopic (exact) mass is 281 g/mol. The highest BCUT2D eigenvalue weighted by Crippen LogP contribution is 2.26. The van der Waals surface area contributed by atoms with Crippen molar-refractivity contribution in [1.82, 2.24) is 9.55 Å². The minimum atomic E-state index is -0.350. The number of hydrogen-bond acceptors (Lipinski definition) is 2. The van der Waals surface area contributed by atoms with Gasteiger partial charge in [0.2, 0.25) is 5.95 Å². The van der Waals surface area contributed by atoms with E-state index >= 15 is 0 Å². The summed E-state index contributed by atoms with van der Waals surface area (Å²) in [4.78, 5) is 4.42. The van der Waals surface area contributed by atoms with E-state index in [4.69, 9.17) is 11.6 Å². The third kappa shape index (κ3) is 3.47. The molecule has 1 aromatic heterocycles. The normalized spacial score (nSPS) is 11.1. The molecule has 0 amide bonds. The average Bonchev–Trinajstić information content (AvgIpc) is 2.62. The van der Waals surface area contributed by atoms with Gasteiger partial charge in [0.15, 0.2) is 0 Å². The van der Waals surface area contributed by atoms with E-state index in [9.17, 15) is 4.39 Å². The molecule has 1 aromatic carbocycles. The van der Waals surface area contributed by atoms with Crippen molar-refractivity contribution in [2.75, 3.05) is 5.32 Å². The highest BCUT2D eigenvalue weighted by atomic mass is 35.5. The van der Waals surface area contributed by atoms with E-state index in [-0.39, 0.29) is 5.82 Å². The standard InChI is InChI=1S/C14H17ClFN3/c1-9(2)7-19-8-10(3)17-14(19)18-13-5-4-11(16)6-12(13)15/h4-6,8-9H,7H2,1-3H3,(H,17,18). The lowest BCUT2D eigenvalue weighted by molar-refractivity contribution is 0.527. The Kier molecular flexibility index (Phi) is 4.10. The van der Waals surface area contributed by atoms with Gasteiger partial charge in [-0.1, -0.05) is 25.4 Å². The molecule has 0 saturated carbocycles. The van der Waals surface area contributed by atoms with Crippen LogP contribution in [0.15, 0.2) is 24.4 Å². The fraction of sp³-hybridized carbons (Fsp3) is 0.357. The van der Waals surface area contributed by atoms with Crippen LogP contribution in [0.4, 0.5) is 16.0 Å². The van der Waals surface area contributed by atoms with Crippen LogP contribution in [-0.2, 0) is 6.54 Å². The van der Waals surface area contributed by atoms with Crippen LogP contribution in [0.1, 0.15) is 19.5 Å². The van der Waals surface area contributed by atoms with Gasteiger partial charge in [-0.3, -0.25) is 0 Å². The number of anilines is 2. The summed E-state index contributed by atoms with van der Waals surface area (Å²) in [6, 6.07) is 4.27. The number of aromatic nitrogens is 2. The molecular formula is C14H17ClFN3. The van der Waals surface area contributed by atoms with Crippen molar-refractivity contribution in [2.24, 2.45) is 5.92 Å². The summed E-state index contributed by atoms with van der Waals surface area (Å²) in [7, 11) is 0. The van der Waals surface area contributed by atoms with E-state index < -0.39 is 0 Å². The zero-order valence-corrected chi connectivity index (χ0v) is 12.0. The topological polar surface area (TPSA) is 29.9 Å². The lowest BCUT2D eigenvalue weighted by Gasteiger charge is -2.12. The van der Waals surface area contributed by atoms with Crippen molar-refractivity contribution in [2.45, 2.75) is 27.3 Å². The SMILES string of the molecule is Cc1cn(CC(C)C)c(Nc2ccc(F)cc2Cl)n1. The van der Waals surface area contributed by atoms with E-state index in [2.05, 4.69) is 24.1 Å². The molecule has 0 aliphatic carbocycles. The molecule has 3 nitrogen and oxygen atoms in total. The molecule has 2 aromatic rings. The summed E-state index contributed by atoms with van der Waals surface area (Å²) >= 11 is 6.00. The molecule has 0 radical (unpaired) electrons. The highest BCUT2D eigenvalue weighted by molar-refractivity contribution is 6.33. The number of aryl methyl sites for hydroxylation is 1. The lowest BCUT2D eigenvalue weighted by atomic mass is 10.2. The molecule has 0 atom stereocenters. The van der Waals surface area contributed by atoms with Crippen molar-refractivity contribution in [1.29, 1.82) is 0 Å². The third-order valence-electron chi connectivity index (χ3n) is 2.64. The second-order valence-corrected chi connectivity index (χ2v) is 5.41. The fourth-order valence-corrected chi connectivity index (χ4v) is 2.10. The molecule has 102 valence electrons. The predicted molar refractivity (Wildman–Crippen MR) is 76.5 cm³/mol. The molecule has 0 saturated heterocycles. The van der Waals surface area contributed by atoms with E-state index in [1.165, 1.54) is 12.1 Å². The van der Waals surface area contributed by atoms with Crippen LogP contribution in [-0.4, -0.2) is 9.55 Å². The Bertz CT molecular complexity index is 578. The summed E-state index contributed by atoms with van der Waals surface area (Å²) < 4.78 is 15.0. The molecular weight excluding hydrogens is 265 g/mol. The predicted octanol–water partition coefficient (Wildman–Crippen LogP) is 4.38. The molecule has 0 unspecified atom stereocenters. The number of rotatable bonds is 4.